The van der Waals surface area contributed by atoms with Crippen LogP contribution in [-0.2, 0) is 4.74 Å². The first-order valence-corrected chi connectivity index (χ1v) is 9.04. The molecule has 1 atom stereocenters. The lowest BCUT2D eigenvalue weighted by atomic mass is 9.86. The van der Waals surface area contributed by atoms with Crippen LogP contribution in [0, 0.1) is 0 Å². The zero-order valence-corrected chi connectivity index (χ0v) is 14.8. The molecule has 2 fully saturated rings. The average Bonchev–Trinajstić information content (AvgIpc) is 3.04. The lowest BCUT2D eigenvalue weighted by Crippen LogP contribution is -2.51. The predicted molar refractivity (Wildman–Crippen MR) is 96.5 cm³/mol. The molecule has 132 valence electrons. The van der Waals surface area contributed by atoms with E-state index in [1.807, 2.05) is 24.3 Å². The molecular formula is C19H29N3O2. The predicted octanol–water partition coefficient (Wildman–Crippen LogP) is 2.49. The van der Waals surface area contributed by atoms with Crippen molar-refractivity contribution < 1.29 is 9.53 Å². The Hall–Kier alpha value is -1.59. The number of hydrogen-bond acceptors (Lipinski definition) is 4. The highest BCUT2D eigenvalue weighted by atomic mass is 16.5. The van der Waals surface area contributed by atoms with E-state index in [1.165, 1.54) is 12.8 Å². The Morgan fingerprint density at radius 2 is 2.00 bits per heavy atom. The molecule has 1 unspecified atom stereocenters. The van der Waals surface area contributed by atoms with E-state index < -0.39 is 0 Å². The largest absolute Gasteiger partial charge is 0.385 e. The molecule has 5 heteroatoms. The molecule has 1 heterocycles. The van der Waals surface area contributed by atoms with Crippen molar-refractivity contribution in [1.82, 2.24) is 10.2 Å². The third-order valence-electron chi connectivity index (χ3n) is 5.15. The topological polar surface area (TPSA) is 53.6 Å². The smallest absolute Gasteiger partial charge is 0.251 e. The Morgan fingerprint density at radius 1 is 1.25 bits per heavy atom. The average molecular weight is 331 g/mol. The molecule has 1 aliphatic carbocycles. The quantitative estimate of drug-likeness (QED) is 0.806. The molecule has 1 aromatic carbocycles. The van der Waals surface area contributed by atoms with Gasteiger partial charge in [-0.25, -0.2) is 0 Å². The van der Waals surface area contributed by atoms with E-state index >= 15 is 0 Å². The Bertz CT molecular complexity index is 532. The normalized spacial score (nSPS) is 26.2. The van der Waals surface area contributed by atoms with Gasteiger partial charge in [-0.15, -0.1) is 0 Å². The number of benzene rings is 1. The molecule has 1 aromatic rings. The molecule has 1 amide bonds. The third kappa shape index (κ3) is 4.48. The molecular weight excluding hydrogens is 302 g/mol. The second-order valence-corrected chi connectivity index (χ2v) is 7.19. The van der Waals surface area contributed by atoms with Crippen molar-refractivity contribution in [2.45, 2.75) is 50.3 Å². The number of anilines is 1. The van der Waals surface area contributed by atoms with Crippen LogP contribution >= 0.6 is 0 Å². The summed E-state index contributed by atoms with van der Waals surface area (Å²) in [4.78, 5) is 14.5. The number of rotatable bonds is 7. The number of hydrogen-bond donors (Lipinski definition) is 2. The summed E-state index contributed by atoms with van der Waals surface area (Å²) in [5, 5.41) is 6.52. The summed E-state index contributed by atoms with van der Waals surface area (Å²) in [6.45, 7) is 1.81. The Morgan fingerprint density at radius 3 is 2.62 bits per heavy atom. The molecule has 1 aliphatic heterocycles. The van der Waals surface area contributed by atoms with Crippen molar-refractivity contribution in [3.05, 3.63) is 29.8 Å². The van der Waals surface area contributed by atoms with Crippen molar-refractivity contribution in [3.8, 4) is 0 Å². The van der Waals surface area contributed by atoms with Crippen LogP contribution in [0.15, 0.2) is 24.3 Å². The summed E-state index contributed by atoms with van der Waals surface area (Å²) in [5.41, 5.74) is 1.79. The zero-order valence-electron chi connectivity index (χ0n) is 14.8. The van der Waals surface area contributed by atoms with Crippen molar-refractivity contribution in [2.75, 3.05) is 32.6 Å². The zero-order chi connectivity index (χ0) is 16.9. The number of nitrogens with zero attached hydrogens (tertiary/aromatic N) is 1. The van der Waals surface area contributed by atoms with Gasteiger partial charge >= 0.3 is 0 Å². The summed E-state index contributed by atoms with van der Waals surface area (Å²) < 4.78 is 5.62. The van der Waals surface area contributed by atoms with Crippen LogP contribution in [0.5, 0.6) is 0 Å². The van der Waals surface area contributed by atoms with E-state index in [0.717, 1.165) is 43.7 Å². The van der Waals surface area contributed by atoms with Gasteiger partial charge in [-0.05, 0) is 70.5 Å². The first kappa shape index (κ1) is 17.2. The van der Waals surface area contributed by atoms with E-state index in [0.29, 0.717) is 18.2 Å². The van der Waals surface area contributed by atoms with E-state index in [9.17, 15) is 4.79 Å². The fourth-order valence-corrected chi connectivity index (χ4v) is 3.38. The summed E-state index contributed by atoms with van der Waals surface area (Å²) in [7, 11) is 4.18. The number of nitrogens with one attached hydrogen (secondary N) is 2. The van der Waals surface area contributed by atoms with Gasteiger partial charge in [0.25, 0.3) is 5.91 Å². The molecule has 5 nitrogen and oxygen atoms in total. The van der Waals surface area contributed by atoms with Crippen molar-refractivity contribution in [2.24, 2.45) is 0 Å². The fourth-order valence-electron chi connectivity index (χ4n) is 3.38. The van der Waals surface area contributed by atoms with Gasteiger partial charge in [-0.2, -0.15) is 0 Å². The Balaban J connectivity index is 1.39. The monoisotopic (exact) mass is 331 g/mol. The minimum absolute atomic E-state index is 0.0307. The minimum Gasteiger partial charge on any atom is -0.385 e. The summed E-state index contributed by atoms with van der Waals surface area (Å²) >= 11 is 0. The SMILES string of the molecule is CN(C)C1CC(NC(=O)c2ccc(NCCC3CCCO3)cc2)C1. The summed E-state index contributed by atoms with van der Waals surface area (Å²) in [6.07, 6.45) is 5.90. The van der Waals surface area contributed by atoms with Gasteiger partial charge in [0.15, 0.2) is 0 Å². The second kappa shape index (κ2) is 7.99. The maximum Gasteiger partial charge on any atom is 0.251 e. The Kier molecular flexibility index (Phi) is 5.74. The van der Waals surface area contributed by atoms with Crippen molar-refractivity contribution >= 4 is 11.6 Å². The molecule has 0 aromatic heterocycles. The molecule has 2 aliphatic rings. The lowest BCUT2D eigenvalue weighted by Gasteiger charge is -2.39. The van der Waals surface area contributed by atoms with Crippen LogP contribution in [0.4, 0.5) is 5.69 Å². The Labute approximate surface area is 144 Å². The number of ether oxygens (including phenoxy) is 1. The lowest BCUT2D eigenvalue weighted by molar-refractivity contribution is 0.0854. The van der Waals surface area contributed by atoms with Crippen LogP contribution in [0.1, 0.15) is 42.5 Å². The molecule has 0 spiro atoms. The van der Waals surface area contributed by atoms with E-state index in [2.05, 4.69) is 29.6 Å². The van der Waals surface area contributed by atoms with Crippen molar-refractivity contribution in [1.29, 1.82) is 0 Å². The van der Waals surface area contributed by atoms with Gasteiger partial charge in [0.05, 0.1) is 6.10 Å². The van der Waals surface area contributed by atoms with Gasteiger partial charge < -0.3 is 20.3 Å². The van der Waals surface area contributed by atoms with E-state index in [1.54, 1.807) is 0 Å². The minimum atomic E-state index is 0.0307. The highest BCUT2D eigenvalue weighted by Gasteiger charge is 2.31. The number of carbonyl (C=O) groups is 1. The summed E-state index contributed by atoms with van der Waals surface area (Å²) in [5.74, 6) is 0.0307. The van der Waals surface area contributed by atoms with Gasteiger partial charge in [0, 0.05) is 36.5 Å². The van der Waals surface area contributed by atoms with Gasteiger partial charge in [0.1, 0.15) is 0 Å². The van der Waals surface area contributed by atoms with Crippen LogP contribution in [-0.4, -0.2) is 56.2 Å². The van der Waals surface area contributed by atoms with E-state index in [-0.39, 0.29) is 5.91 Å². The van der Waals surface area contributed by atoms with Crippen LogP contribution < -0.4 is 10.6 Å². The standard InChI is InChI=1S/C19H29N3O2/c1-22(2)17-12-16(13-17)21-19(23)14-5-7-15(8-6-14)20-10-9-18-4-3-11-24-18/h5-8,16-18,20H,3-4,9-13H2,1-2H3,(H,21,23). The molecule has 24 heavy (non-hydrogen) atoms. The van der Waals surface area contributed by atoms with Gasteiger partial charge in [-0.1, -0.05) is 0 Å². The highest BCUT2D eigenvalue weighted by molar-refractivity contribution is 5.94. The maximum atomic E-state index is 12.3. The number of carbonyl (C=O) groups excluding carboxylic acids is 1. The molecule has 1 saturated carbocycles. The maximum absolute atomic E-state index is 12.3. The van der Waals surface area contributed by atoms with Gasteiger partial charge in [-0.3, -0.25) is 4.79 Å². The highest BCUT2D eigenvalue weighted by Crippen LogP contribution is 2.24. The molecule has 0 bridgehead atoms. The molecule has 1 saturated heterocycles. The second-order valence-electron chi connectivity index (χ2n) is 7.19. The van der Waals surface area contributed by atoms with Crippen LogP contribution in [0.25, 0.3) is 0 Å². The third-order valence-corrected chi connectivity index (χ3v) is 5.15. The first-order valence-electron chi connectivity index (χ1n) is 9.04. The molecule has 3 rings (SSSR count). The van der Waals surface area contributed by atoms with E-state index in [4.69, 9.17) is 4.74 Å². The van der Waals surface area contributed by atoms with Crippen LogP contribution in [0.3, 0.4) is 0 Å². The fraction of sp³-hybridized carbons (Fsp3) is 0.632. The van der Waals surface area contributed by atoms with Crippen LogP contribution in [0.2, 0.25) is 0 Å². The molecule has 2 N–H and O–H groups in total. The molecule has 0 radical (unpaired) electrons. The summed E-state index contributed by atoms with van der Waals surface area (Å²) in [6, 6.07) is 8.67. The van der Waals surface area contributed by atoms with Crippen molar-refractivity contribution in [3.63, 3.8) is 0 Å². The van der Waals surface area contributed by atoms with Gasteiger partial charge in [0.2, 0.25) is 0 Å². The number of amides is 1. The first-order chi connectivity index (χ1) is 11.6.